The number of hydrogen-bond donors (Lipinski definition) is 2. The van der Waals surface area contributed by atoms with E-state index in [4.69, 9.17) is 10.5 Å². The molecule has 0 radical (unpaired) electrons. The van der Waals surface area contributed by atoms with Gasteiger partial charge in [-0.3, -0.25) is 0 Å². The zero-order valence-corrected chi connectivity index (χ0v) is 9.51. The van der Waals surface area contributed by atoms with Crippen LogP contribution in [0, 0.1) is 12.7 Å². The van der Waals surface area contributed by atoms with E-state index in [0.717, 1.165) is 19.3 Å². The Morgan fingerprint density at radius 3 is 2.56 bits per heavy atom. The second-order valence-corrected chi connectivity index (χ2v) is 4.42. The maximum atomic E-state index is 13.6. The van der Waals surface area contributed by atoms with Gasteiger partial charge in [0.25, 0.3) is 0 Å². The van der Waals surface area contributed by atoms with Crippen LogP contribution in [0.4, 0.5) is 4.39 Å². The van der Waals surface area contributed by atoms with E-state index < -0.39 is 11.4 Å². The summed E-state index contributed by atoms with van der Waals surface area (Å²) >= 11 is 0. The first kappa shape index (κ1) is 11.2. The maximum absolute atomic E-state index is 13.6. The van der Waals surface area contributed by atoms with Crippen LogP contribution in [0.5, 0.6) is 11.5 Å². The van der Waals surface area contributed by atoms with E-state index in [1.807, 2.05) is 0 Å². The highest BCUT2D eigenvalue weighted by Crippen LogP contribution is 2.45. The normalized spacial score (nSPS) is 18.0. The third kappa shape index (κ3) is 1.45. The monoisotopic (exact) mass is 225 g/mol. The van der Waals surface area contributed by atoms with Gasteiger partial charge in [0.1, 0.15) is 0 Å². The summed E-state index contributed by atoms with van der Waals surface area (Å²) in [4.78, 5) is 0. The molecule has 1 aliphatic rings. The van der Waals surface area contributed by atoms with Gasteiger partial charge < -0.3 is 15.6 Å². The lowest BCUT2D eigenvalue weighted by molar-refractivity contribution is 0.249. The smallest absolute Gasteiger partial charge is 0.196 e. The van der Waals surface area contributed by atoms with Crippen molar-refractivity contribution in [1.29, 1.82) is 0 Å². The first-order valence-corrected chi connectivity index (χ1v) is 5.35. The van der Waals surface area contributed by atoms with Crippen molar-refractivity contribution >= 4 is 0 Å². The van der Waals surface area contributed by atoms with Gasteiger partial charge in [-0.05, 0) is 43.4 Å². The molecular weight excluding hydrogens is 209 g/mol. The molecule has 16 heavy (non-hydrogen) atoms. The van der Waals surface area contributed by atoms with E-state index in [2.05, 4.69) is 0 Å². The van der Waals surface area contributed by atoms with Crippen molar-refractivity contribution in [2.24, 2.45) is 5.73 Å². The molecule has 0 amide bonds. The lowest BCUT2D eigenvalue weighted by atomic mass is 9.71. The predicted octanol–water partition coefficient (Wildman–Crippen LogP) is 2.19. The van der Waals surface area contributed by atoms with Crippen LogP contribution in [0.1, 0.15) is 30.4 Å². The molecule has 3 nitrogen and oxygen atoms in total. The van der Waals surface area contributed by atoms with E-state index in [-0.39, 0.29) is 11.5 Å². The maximum Gasteiger partial charge on any atom is 0.196 e. The van der Waals surface area contributed by atoms with Crippen molar-refractivity contribution < 1.29 is 14.2 Å². The molecule has 4 heteroatoms. The third-order valence-corrected chi connectivity index (χ3v) is 3.45. The second-order valence-electron chi connectivity index (χ2n) is 4.42. The van der Waals surface area contributed by atoms with Crippen molar-refractivity contribution in [2.75, 3.05) is 7.11 Å². The predicted molar refractivity (Wildman–Crippen MR) is 59.1 cm³/mol. The molecule has 0 bridgehead atoms. The van der Waals surface area contributed by atoms with Crippen LogP contribution >= 0.6 is 0 Å². The Bertz CT molecular complexity index is 428. The SMILES string of the molecule is COc1c(F)cc(C2(N)CCC2)c(C)c1O. The summed E-state index contributed by atoms with van der Waals surface area (Å²) in [5.74, 6) is -0.810. The molecule has 0 aromatic heterocycles. The van der Waals surface area contributed by atoms with Crippen LogP contribution in [-0.4, -0.2) is 12.2 Å². The number of rotatable bonds is 2. The molecule has 1 aromatic carbocycles. The minimum atomic E-state index is -0.558. The molecule has 88 valence electrons. The summed E-state index contributed by atoms with van der Waals surface area (Å²) in [5.41, 5.74) is 6.96. The van der Waals surface area contributed by atoms with Crippen molar-refractivity contribution in [3.63, 3.8) is 0 Å². The second kappa shape index (κ2) is 3.63. The van der Waals surface area contributed by atoms with E-state index in [0.29, 0.717) is 11.1 Å². The number of benzene rings is 1. The number of halogens is 1. The Balaban J connectivity index is 2.56. The molecular formula is C12H16FNO2. The van der Waals surface area contributed by atoms with Crippen LogP contribution in [-0.2, 0) is 5.54 Å². The summed E-state index contributed by atoms with van der Waals surface area (Å²) in [5, 5.41) is 9.82. The number of methoxy groups -OCH3 is 1. The van der Waals surface area contributed by atoms with Crippen LogP contribution in [0.2, 0.25) is 0 Å². The first-order valence-electron chi connectivity index (χ1n) is 5.35. The van der Waals surface area contributed by atoms with Crippen LogP contribution < -0.4 is 10.5 Å². The highest BCUT2D eigenvalue weighted by molar-refractivity contribution is 5.52. The molecule has 0 saturated heterocycles. The molecule has 1 aromatic rings. The molecule has 0 unspecified atom stereocenters. The van der Waals surface area contributed by atoms with Gasteiger partial charge in [-0.25, -0.2) is 4.39 Å². The zero-order valence-electron chi connectivity index (χ0n) is 9.51. The quantitative estimate of drug-likeness (QED) is 0.811. The molecule has 0 heterocycles. The molecule has 0 atom stereocenters. The highest BCUT2D eigenvalue weighted by atomic mass is 19.1. The zero-order chi connectivity index (χ0) is 11.9. The number of nitrogens with two attached hydrogens (primary N) is 1. The van der Waals surface area contributed by atoms with E-state index in [9.17, 15) is 9.50 Å². The summed E-state index contributed by atoms with van der Waals surface area (Å²) in [6, 6.07) is 1.38. The lowest BCUT2D eigenvalue weighted by Crippen LogP contribution is -2.43. The fraction of sp³-hybridized carbons (Fsp3) is 0.500. The molecule has 1 fully saturated rings. The average Bonchev–Trinajstić information content (AvgIpc) is 2.21. The number of aromatic hydroxyl groups is 1. The summed E-state index contributed by atoms with van der Waals surface area (Å²) < 4.78 is 18.5. The number of hydrogen-bond acceptors (Lipinski definition) is 3. The Hall–Kier alpha value is -1.29. The molecule has 2 rings (SSSR count). The van der Waals surface area contributed by atoms with E-state index in [1.165, 1.54) is 13.2 Å². The van der Waals surface area contributed by atoms with Gasteiger partial charge in [0.2, 0.25) is 0 Å². The summed E-state index contributed by atoms with van der Waals surface area (Å²) in [6.07, 6.45) is 2.71. The minimum Gasteiger partial charge on any atom is -0.504 e. The van der Waals surface area contributed by atoms with E-state index in [1.54, 1.807) is 6.92 Å². The van der Waals surface area contributed by atoms with Crippen LogP contribution in [0.25, 0.3) is 0 Å². The topological polar surface area (TPSA) is 55.5 Å². The van der Waals surface area contributed by atoms with Crippen molar-refractivity contribution in [1.82, 2.24) is 0 Å². The molecule has 1 saturated carbocycles. The number of ether oxygens (including phenoxy) is 1. The van der Waals surface area contributed by atoms with Gasteiger partial charge in [0, 0.05) is 5.54 Å². The Kier molecular flexibility index (Phi) is 2.54. The van der Waals surface area contributed by atoms with Gasteiger partial charge >= 0.3 is 0 Å². The molecule has 1 aliphatic carbocycles. The molecule has 0 aliphatic heterocycles. The van der Waals surface area contributed by atoms with Gasteiger partial charge in [0.05, 0.1) is 7.11 Å². The minimum absolute atomic E-state index is 0.107. The largest absolute Gasteiger partial charge is 0.504 e. The molecule has 3 N–H and O–H groups in total. The average molecular weight is 225 g/mol. The standard InChI is InChI=1S/C12H16FNO2/c1-7-8(12(14)4-3-5-12)6-9(13)11(16-2)10(7)15/h6,15H,3-5,14H2,1-2H3. The van der Waals surface area contributed by atoms with Crippen molar-refractivity contribution in [3.05, 3.63) is 23.0 Å². The number of phenols is 1. The van der Waals surface area contributed by atoms with Gasteiger partial charge in [-0.1, -0.05) is 0 Å². The fourth-order valence-electron chi connectivity index (χ4n) is 2.25. The van der Waals surface area contributed by atoms with Crippen molar-refractivity contribution in [2.45, 2.75) is 31.7 Å². The third-order valence-electron chi connectivity index (χ3n) is 3.45. The van der Waals surface area contributed by atoms with Gasteiger partial charge in [-0.2, -0.15) is 0 Å². The van der Waals surface area contributed by atoms with Crippen LogP contribution in [0.3, 0.4) is 0 Å². The first-order chi connectivity index (χ1) is 7.49. The Labute approximate surface area is 94.0 Å². The van der Waals surface area contributed by atoms with Gasteiger partial charge in [-0.15, -0.1) is 0 Å². The lowest BCUT2D eigenvalue weighted by Gasteiger charge is -2.39. The van der Waals surface area contributed by atoms with Crippen molar-refractivity contribution in [3.8, 4) is 11.5 Å². The van der Waals surface area contributed by atoms with E-state index >= 15 is 0 Å². The summed E-state index contributed by atoms with van der Waals surface area (Å²) in [7, 11) is 1.33. The van der Waals surface area contributed by atoms with Gasteiger partial charge in [0.15, 0.2) is 17.3 Å². The summed E-state index contributed by atoms with van der Waals surface area (Å²) in [6.45, 7) is 1.74. The highest BCUT2D eigenvalue weighted by Gasteiger charge is 2.37. The Morgan fingerprint density at radius 1 is 1.50 bits per heavy atom. The number of phenolic OH excluding ortho intramolecular Hbond substituents is 1. The Morgan fingerprint density at radius 2 is 2.12 bits per heavy atom. The fourth-order valence-corrected chi connectivity index (χ4v) is 2.25. The van der Waals surface area contributed by atoms with Crippen LogP contribution in [0.15, 0.2) is 6.07 Å². The molecule has 0 spiro atoms.